The van der Waals surface area contributed by atoms with Crippen LogP contribution in [0.15, 0.2) is 67.0 Å². The molecule has 1 aliphatic heterocycles. The number of amides is 1. The van der Waals surface area contributed by atoms with E-state index >= 15 is 0 Å². The van der Waals surface area contributed by atoms with Gasteiger partial charge in [0.25, 0.3) is 15.9 Å². The van der Waals surface area contributed by atoms with Crippen LogP contribution in [-0.2, 0) is 14.8 Å². The van der Waals surface area contributed by atoms with Crippen molar-refractivity contribution in [3.63, 3.8) is 0 Å². The number of nitrogens with zero attached hydrogens (tertiary/aromatic N) is 3. The molecule has 0 aliphatic carbocycles. The Morgan fingerprint density at radius 1 is 1.00 bits per heavy atom. The van der Waals surface area contributed by atoms with Gasteiger partial charge in [-0.1, -0.05) is 6.07 Å². The smallest absolute Gasteiger partial charge is 0.259 e. The van der Waals surface area contributed by atoms with E-state index in [2.05, 4.69) is 15.3 Å². The van der Waals surface area contributed by atoms with Gasteiger partial charge in [-0.25, -0.2) is 8.42 Å². The van der Waals surface area contributed by atoms with Crippen LogP contribution in [0.2, 0.25) is 0 Å². The molecule has 1 saturated heterocycles. The first kappa shape index (κ1) is 22.9. The summed E-state index contributed by atoms with van der Waals surface area (Å²) in [5, 5.41) is 3.90. The molecule has 3 heterocycles. The quantitative estimate of drug-likeness (QED) is 0.460. The SMILES string of the molecule is Cc1cc(N2CCOCS2(=O)=O)ccc1C(=O)Nc1ccc(C)c(-c2nccc3ncccc23)c1. The molecule has 0 unspecified atom stereocenters. The van der Waals surface area contributed by atoms with Crippen LogP contribution in [0.5, 0.6) is 0 Å². The number of aryl methyl sites for hydroxylation is 2. The van der Waals surface area contributed by atoms with Crippen LogP contribution in [0.25, 0.3) is 22.2 Å². The predicted molar refractivity (Wildman–Crippen MR) is 136 cm³/mol. The molecule has 0 saturated carbocycles. The zero-order chi connectivity index (χ0) is 24.6. The van der Waals surface area contributed by atoms with E-state index < -0.39 is 10.0 Å². The third-order valence-electron chi connectivity index (χ3n) is 6.03. The maximum Gasteiger partial charge on any atom is 0.259 e. The molecule has 0 spiro atoms. The number of hydrogen-bond acceptors (Lipinski definition) is 6. The summed E-state index contributed by atoms with van der Waals surface area (Å²) in [7, 11) is -3.53. The monoisotopic (exact) mass is 488 g/mol. The van der Waals surface area contributed by atoms with E-state index in [-0.39, 0.29) is 18.4 Å². The van der Waals surface area contributed by atoms with Crippen molar-refractivity contribution < 1.29 is 17.9 Å². The van der Waals surface area contributed by atoms with Gasteiger partial charge in [-0.05, 0) is 73.5 Å². The fourth-order valence-electron chi connectivity index (χ4n) is 4.23. The molecule has 1 aliphatic rings. The van der Waals surface area contributed by atoms with E-state index in [4.69, 9.17) is 4.74 Å². The molecule has 1 fully saturated rings. The molecule has 5 rings (SSSR count). The van der Waals surface area contributed by atoms with Gasteiger partial charge in [0, 0.05) is 34.6 Å². The summed E-state index contributed by atoms with van der Waals surface area (Å²) < 4.78 is 31.0. The van der Waals surface area contributed by atoms with Gasteiger partial charge < -0.3 is 10.1 Å². The number of sulfonamides is 1. The largest absolute Gasteiger partial charge is 0.362 e. The number of nitrogens with one attached hydrogen (secondary N) is 1. The molecule has 35 heavy (non-hydrogen) atoms. The highest BCUT2D eigenvalue weighted by atomic mass is 32.2. The summed E-state index contributed by atoms with van der Waals surface area (Å²) in [5.41, 5.74) is 5.89. The maximum atomic E-state index is 13.1. The number of rotatable bonds is 4. The molecule has 2 aromatic carbocycles. The Hall–Kier alpha value is -3.82. The summed E-state index contributed by atoms with van der Waals surface area (Å²) >= 11 is 0. The lowest BCUT2D eigenvalue weighted by atomic mass is 10.0. The lowest BCUT2D eigenvalue weighted by Crippen LogP contribution is -2.41. The molecule has 0 radical (unpaired) electrons. The Labute approximate surface area is 203 Å². The second-order valence-corrected chi connectivity index (χ2v) is 10.3. The van der Waals surface area contributed by atoms with E-state index in [1.54, 1.807) is 37.5 Å². The van der Waals surface area contributed by atoms with Crippen molar-refractivity contribution in [1.82, 2.24) is 9.97 Å². The number of hydrogen-bond donors (Lipinski definition) is 1. The van der Waals surface area contributed by atoms with Gasteiger partial charge in [0.1, 0.15) is 0 Å². The molecule has 178 valence electrons. The van der Waals surface area contributed by atoms with Crippen LogP contribution in [0, 0.1) is 13.8 Å². The third-order valence-corrected chi connectivity index (χ3v) is 7.56. The van der Waals surface area contributed by atoms with Gasteiger partial charge in [0.2, 0.25) is 0 Å². The Bertz CT molecular complexity index is 1550. The first-order valence-corrected chi connectivity index (χ1v) is 12.8. The van der Waals surface area contributed by atoms with Crippen LogP contribution in [0.3, 0.4) is 0 Å². The number of aromatic nitrogens is 2. The molecule has 4 aromatic rings. The highest BCUT2D eigenvalue weighted by Gasteiger charge is 2.27. The molecule has 8 nitrogen and oxygen atoms in total. The molecular formula is C26H24N4O4S. The Morgan fingerprint density at radius 3 is 2.66 bits per heavy atom. The normalized spacial score (nSPS) is 15.2. The van der Waals surface area contributed by atoms with Crippen LogP contribution in [-0.4, -0.2) is 43.4 Å². The number of fused-ring (bicyclic) bond motifs is 1. The average molecular weight is 489 g/mol. The second kappa shape index (κ2) is 9.09. The van der Waals surface area contributed by atoms with Gasteiger partial charge >= 0.3 is 0 Å². The molecule has 9 heteroatoms. The second-order valence-electron chi connectivity index (χ2n) is 8.42. The van der Waals surface area contributed by atoms with Crippen LogP contribution in [0.4, 0.5) is 11.4 Å². The number of benzene rings is 2. The third kappa shape index (κ3) is 4.48. The van der Waals surface area contributed by atoms with E-state index in [0.717, 1.165) is 27.7 Å². The number of carbonyl (C=O) groups excluding carboxylic acids is 1. The first-order valence-electron chi connectivity index (χ1n) is 11.1. The number of carbonyl (C=O) groups is 1. The zero-order valence-corrected chi connectivity index (χ0v) is 20.2. The Balaban J connectivity index is 1.43. The van der Waals surface area contributed by atoms with Crippen molar-refractivity contribution in [3.8, 4) is 11.3 Å². The topological polar surface area (TPSA) is 101 Å². The zero-order valence-electron chi connectivity index (χ0n) is 19.4. The van der Waals surface area contributed by atoms with E-state index in [1.165, 1.54) is 4.31 Å². The minimum atomic E-state index is -3.53. The van der Waals surface area contributed by atoms with Gasteiger partial charge in [0.05, 0.1) is 30.0 Å². The summed E-state index contributed by atoms with van der Waals surface area (Å²) in [6.07, 6.45) is 3.48. The van der Waals surface area contributed by atoms with Crippen molar-refractivity contribution >= 4 is 38.2 Å². The van der Waals surface area contributed by atoms with Gasteiger partial charge in [0.15, 0.2) is 5.94 Å². The van der Waals surface area contributed by atoms with Crippen molar-refractivity contribution in [3.05, 3.63) is 83.7 Å². The van der Waals surface area contributed by atoms with Crippen LogP contribution in [0.1, 0.15) is 21.5 Å². The molecule has 2 aromatic heterocycles. The average Bonchev–Trinajstić information content (AvgIpc) is 2.84. The number of ether oxygens (including phenoxy) is 1. The van der Waals surface area contributed by atoms with Crippen molar-refractivity contribution in [2.24, 2.45) is 0 Å². The fourth-order valence-corrected chi connectivity index (χ4v) is 5.48. The van der Waals surface area contributed by atoms with E-state index in [1.807, 2.05) is 43.3 Å². The molecule has 1 N–H and O–H groups in total. The standard InChI is InChI=1S/C26H24N4O4S/c1-17-5-6-19(15-23(17)25-22-4-3-10-27-24(22)9-11-28-25)29-26(31)21-8-7-20(14-18(21)2)30-12-13-34-16-35(30,32)33/h3-11,14-15H,12-13,16H2,1-2H3,(H,29,31). The fraction of sp³-hybridized carbons (Fsp3) is 0.192. The van der Waals surface area contributed by atoms with Crippen molar-refractivity contribution in [2.75, 3.05) is 28.7 Å². The molecule has 0 atom stereocenters. The predicted octanol–water partition coefficient (Wildman–Crippen LogP) is 4.29. The lowest BCUT2D eigenvalue weighted by molar-refractivity contribution is 0.102. The summed E-state index contributed by atoms with van der Waals surface area (Å²) in [4.78, 5) is 22.1. The number of pyridine rings is 2. The molecule has 1 amide bonds. The first-order chi connectivity index (χ1) is 16.8. The highest BCUT2D eigenvalue weighted by molar-refractivity contribution is 7.92. The summed E-state index contributed by atoms with van der Waals surface area (Å²) in [6.45, 7) is 4.37. The lowest BCUT2D eigenvalue weighted by Gasteiger charge is -2.28. The number of anilines is 2. The molecule has 0 bridgehead atoms. The maximum absolute atomic E-state index is 13.1. The van der Waals surface area contributed by atoms with Gasteiger partial charge in [-0.2, -0.15) is 0 Å². The van der Waals surface area contributed by atoms with Crippen LogP contribution >= 0.6 is 0 Å². The van der Waals surface area contributed by atoms with E-state index in [0.29, 0.717) is 29.1 Å². The minimum Gasteiger partial charge on any atom is -0.362 e. The Kier molecular flexibility index (Phi) is 5.96. The Morgan fingerprint density at radius 2 is 1.86 bits per heavy atom. The van der Waals surface area contributed by atoms with E-state index in [9.17, 15) is 13.2 Å². The molecular weight excluding hydrogens is 464 g/mol. The van der Waals surface area contributed by atoms with Crippen molar-refractivity contribution in [1.29, 1.82) is 0 Å². The van der Waals surface area contributed by atoms with Crippen molar-refractivity contribution in [2.45, 2.75) is 13.8 Å². The summed E-state index contributed by atoms with van der Waals surface area (Å²) in [6, 6.07) is 16.4. The van der Waals surface area contributed by atoms with Crippen LogP contribution < -0.4 is 9.62 Å². The summed E-state index contributed by atoms with van der Waals surface area (Å²) in [5.74, 6) is -0.618. The minimum absolute atomic E-state index is 0.247. The van der Waals surface area contributed by atoms with Gasteiger partial charge in [-0.3, -0.25) is 19.1 Å². The van der Waals surface area contributed by atoms with Gasteiger partial charge in [-0.15, -0.1) is 0 Å². The highest BCUT2D eigenvalue weighted by Crippen LogP contribution is 2.31.